The third-order valence-electron chi connectivity index (χ3n) is 3.07. The molecule has 1 aliphatic heterocycles. The molecule has 0 bridgehead atoms. The maximum absolute atomic E-state index is 11.9. The van der Waals surface area contributed by atoms with Crippen LogP contribution in [-0.4, -0.2) is 50.7 Å². The Balaban J connectivity index is 2.07. The van der Waals surface area contributed by atoms with Crippen molar-refractivity contribution >= 4 is 28.9 Å². The zero-order chi connectivity index (χ0) is 13.0. The van der Waals surface area contributed by atoms with Crippen LogP contribution in [0.15, 0.2) is 12.1 Å². The van der Waals surface area contributed by atoms with Crippen molar-refractivity contribution < 1.29 is 9.53 Å². The molecule has 2 heterocycles. The highest BCUT2D eigenvalue weighted by molar-refractivity contribution is 7.16. The lowest BCUT2D eigenvalue weighted by Crippen LogP contribution is -2.45. The van der Waals surface area contributed by atoms with E-state index in [9.17, 15) is 4.79 Å². The van der Waals surface area contributed by atoms with E-state index >= 15 is 0 Å². The van der Waals surface area contributed by atoms with Gasteiger partial charge < -0.3 is 10.1 Å². The number of carbonyl (C=O) groups excluding carboxylic acids is 1. The van der Waals surface area contributed by atoms with Crippen LogP contribution in [0.2, 0.25) is 4.34 Å². The molecule has 0 aromatic carbocycles. The van der Waals surface area contributed by atoms with Gasteiger partial charge in [0, 0.05) is 37.6 Å². The van der Waals surface area contributed by atoms with Gasteiger partial charge in [0.05, 0.1) is 11.4 Å². The molecule has 1 unspecified atom stereocenters. The summed E-state index contributed by atoms with van der Waals surface area (Å²) >= 11 is 7.39. The van der Waals surface area contributed by atoms with E-state index in [4.69, 9.17) is 16.3 Å². The molecule has 0 radical (unpaired) electrons. The maximum Gasteiger partial charge on any atom is 0.315 e. The number of rotatable bonds is 4. The van der Waals surface area contributed by atoms with E-state index in [-0.39, 0.29) is 11.9 Å². The molecule has 6 heteroatoms. The Labute approximate surface area is 116 Å². The summed E-state index contributed by atoms with van der Waals surface area (Å²) in [5.74, 6) is -0.419. The number of carbonyl (C=O) groups is 1. The molecule has 1 N–H and O–H groups in total. The average Bonchev–Trinajstić information content (AvgIpc) is 2.83. The highest BCUT2D eigenvalue weighted by atomic mass is 35.5. The topological polar surface area (TPSA) is 41.6 Å². The van der Waals surface area contributed by atoms with E-state index in [2.05, 4.69) is 10.2 Å². The maximum atomic E-state index is 11.9. The van der Waals surface area contributed by atoms with Crippen LogP contribution >= 0.6 is 22.9 Å². The first-order chi connectivity index (χ1) is 8.70. The fourth-order valence-corrected chi connectivity index (χ4v) is 3.23. The minimum absolute atomic E-state index is 0.188. The summed E-state index contributed by atoms with van der Waals surface area (Å²) < 4.78 is 5.61. The Morgan fingerprint density at radius 1 is 1.56 bits per heavy atom. The quantitative estimate of drug-likeness (QED) is 0.854. The lowest BCUT2D eigenvalue weighted by atomic mass is 10.1. The van der Waals surface area contributed by atoms with Gasteiger partial charge in [0.1, 0.15) is 5.92 Å². The van der Waals surface area contributed by atoms with Crippen molar-refractivity contribution in [3.63, 3.8) is 0 Å². The second kappa shape index (κ2) is 6.52. The van der Waals surface area contributed by atoms with Crippen LogP contribution in [0.5, 0.6) is 0 Å². The number of thiophene rings is 1. The van der Waals surface area contributed by atoms with Crippen LogP contribution in [0.4, 0.5) is 0 Å². The van der Waals surface area contributed by atoms with Crippen molar-refractivity contribution in [2.75, 3.05) is 39.8 Å². The first-order valence-electron chi connectivity index (χ1n) is 5.97. The molecule has 1 fully saturated rings. The van der Waals surface area contributed by atoms with E-state index in [1.54, 1.807) is 0 Å². The van der Waals surface area contributed by atoms with E-state index < -0.39 is 0 Å². The number of nitrogens with zero attached hydrogens (tertiary/aromatic N) is 1. The van der Waals surface area contributed by atoms with Crippen molar-refractivity contribution in [2.45, 2.75) is 5.92 Å². The third-order valence-corrected chi connectivity index (χ3v) is 4.42. The van der Waals surface area contributed by atoms with Gasteiger partial charge in [-0.1, -0.05) is 11.6 Å². The summed E-state index contributed by atoms with van der Waals surface area (Å²) in [6.45, 7) is 4.57. The van der Waals surface area contributed by atoms with Gasteiger partial charge in [-0.25, -0.2) is 0 Å². The van der Waals surface area contributed by atoms with Crippen molar-refractivity contribution in [1.29, 1.82) is 0 Å². The van der Waals surface area contributed by atoms with Crippen molar-refractivity contribution in [1.82, 2.24) is 10.2 Å². The predicted octanol–water partition coefficient (Wildman–Crippen LogP) is 1.56. The molecule has 100 valence electrons. The van der Waals surface area contributed by atoms with Gasteiger partial charge in [0.2, 0.25) is 0 Å². The van der Waals surface area contributed by atoms with Crippen LogP contribution in [0.3, 0.4) is 0 Å². The Morgan fingerprint density at radius 2 is 2.28 bits per heavy atom. The summed E-state index contributed by atoms with van der Waals surface area (Å²) in [6.07, 6.45) is 0. The monoisotopic (exact) mass is 288 g/mol. The van der Waals surface area contributed by atoms with E-state index in [1.165, 1.54) is 18.4 Å². The zero-order valence-electron chi connectivity index (χ0n) is 10.3. The van der Waals surface area contributed by atoms with Crippen LogP contribution in [0, 0.1) is 0 Å². The normalized spacial score (nSPS) is 18.6. The van der Waals surface area contributed by atoms with Gasteiger partial charge in [-0.05, 0) is 12.1 Å². The summed E-state index contributed by atoms with van der Waals surface area (Å²) in [6, 6.07) is 3.74. The fraction of sp³-hybridized carbons (Fsp3) is 0.583. The van der Waals surface area contributed by atoms with Gasteiger partial charge in [0.25, 0.3) is 0 Å². The molecule has 0 aliphatic carbocycles. The smallest absolute Gasteiger partial charge is 0.315 e. The third kappa shape index (κ3) is 3.45. The molecule has 0 spiro atoms. The van der Waals surface area contributed by atoms with Gasteiger partial charge in [-0.15, -0.1) is 11.3 Å². The van der Waals surface area contributed by atoms with Crippen LogP contribution in [0.25, 0.3) is 0 Å². The lowest BCUT2D eigenvalue weighted by Gasteiger charge is -2.29. The largest absolute Gasteiger partial charge is 0.468 e. The standard InChI is InChI=1S/C12H17ClN2O2S/c1-17-12(16)9(10-2-3-11(13)18-10)8-15-6-4-14-5-7-15/h2-3,9,14H,4-8H2,1H3. The van der Waals surface area contributed by atoms with Crippen LogP contribution < -0.4 is 5.32 Å². The molecule has 1 aliphatic rings. The average molecular weight is 289 g/mol. The van der Waals surface area contributed by atoms with Gasteiger partial charge in [-0.3, -0.25) is 9.69 Å². The number of ether oxygens (including phenoxy) is 1. The molecule has 4 nitrogen and oxygen atoms in total. The first-order valence-corrected chi connectivity index (χ1v) is 7.16. The highest BCUT2D eigenvalue weighted by Crippen LogP contribution is 2.29. The Morgan fingerprint density at radius 3 is 2.83 bits per heavy atom. The summed E-state index contributed by atoms with van der Waals surface area (Å²) in [5.41, 5.74) is 0. The Kier molecular flexibility index (Phi) is 5.00. The van der Waals surface area contributed by atoms with Crippen molar-refractivity contribution in [3.05, 3.63) is 21.3 Å². The second-order valence-electron chi connectivity index (χ2n) is 4.27. The molecule has 18 heavy (non-hydrogen) atoms. The number of hydrogen-bond acceptors (Lipinski definition) is 5. The number of piperazine rings is 1. The van der Waals surface area contributed by atoms with E-state index in [1.807, 2.05) is 12.1 Å². The minimum atomic E-state index is -0.231. The molecule has 1 saturated heterocycles. The number of hydrogen-bond donors (Lipinski definition) is 1. The predicted molar refractivity (Wildman–Crippen MR) is 73.4 cm³/mol. The molecule has 0 saturated carbocycles. The Bertz CT molecular complexity index is 405. The SMILES string of the molecule is COC(=O)C(CN1CCNCC1)c1ccc(Cl)s1. The molecule has 1 atom stereocenters. The number of esters is 1. The van der Waals surface area contributed by atoms with Crippen molar-refractivity contribution in [2.24, 2.45) is 0 Å². The number of halogens is 1. The molecule has 2 rings (SSSR count). The Hall–Kier alpha value is -0.620. The molecule has 1 aromatic rings. The fourth-order valence-electron chi connectivity index (χ4n) is 2.09. The van der Waals surface area contributed by atoms with Gasteiger partial charge in [0.15, 0.2) is 0 Å². The molecule has 0 amide bonds. The van der Waals surface area contributed by atoms with Gasteiger partial charge in [-0.2, -0.15) is 0 Å². The van der Waals surface area contributed by atoms with E-state index in [0.717, 1.165) is 31.1 Å². The first kappa shape index (κ1) is 13.8. The molecular weight excluding hydrogens is 272 g/mol. The van der Waals surface area contributed by atoms with Crippen LogP contribution in [-0.2, 0) is 9.53 Å². The molecular formula is C12H17ClN2O2S. The summed E-state index contributed by atoms with van der Waals surface area (Å²) in [5, 5.41) is 3.30. The lowest BCUT2D eigenvalue weighted by molar-refractivity contribution is -0.142. The van der Waals surface area contributed by atoms with Gasteiger partial charge >= 0.3 is 5.97 Å². The highest BCUT2D eigenvalue weighted by Gasteiger charge is 2.26. The number of nitrogens with one attached hydrogen (secondary N) is 1. The zero-order valence-corrected chi connectivity index (χ0v) is 11.9. The summed E-state index contributed by atoms with van der Waals surface area (Å²) in [7, 11) is 1.43. The minimum Gasteiger partial charge on any atom is -0.468 e. The number of methoxy groups -OCH3 is 1. The summed E-state index contributed by atoms with van der Waals surface area (Å²) in [4.78, 5) is 15.2. The van der Waals surface area contributed by atoms with E-state index in [0.29, 0.717) is 10.9 Å². The van der Waals surface area contributed by atoms with Crippen LogP contribution in [0.1, 0.15) is 10.8 Å². The second-order valence-corrected chi connectivity index (χ2v) is 6.01. The molecule has 1 aromatic heterocycles. The van der Waals surface area contributed by atoms with Crippen molar-refractivity contribution in [3.8, 4) is 0 Å².